The highest BCUT2D eigenvalue weighted by Crippen LogP contribution is 2.31. The number of carbonyl (C=O) groups excluding carboxylic acids is 1. The molecule has 0 heterocycles. The van der Waals surface area contributed by atoms with Gasteiger partial charge in [0.25, 0.3) is 0 Å². The van der Waals surface area contributed by atoms with Gasteiger partial charge in [0, 0.05) is 12.5 Å². The Bertz CT molecular complexity index is 225. The van der Waals surface area contributed by atoms with E-state index in [0.29, 0.717) is 0 Å². The van der Waals surface area contributed by atoms with Crippen LogP contribution in [-0.2, 0) is 4.79 Å². The van der Waals surface area contributed by atoms with Gasteiger partial charge in [-0.15, -0.1) is 0 Å². The number of unbranched alkanes of at least 4 members (excludes halogenated alkanes) is 1. The van der Waals surface area contributed by atoms with Gasteiger partial charge in [-0.25, -0.2) is 0 Å². The van der Waals surface area contributed by atoms with Crippen molar-refractivity contribution in [1.82, 2.24) is 5.32 Å². The van der Waals surface area contributed by atoms with E-state index in [1.54, 1.807) is 0 Å². The van der Waals surface area contributed by atoms with Crippen LogP contribution in [-0.4, -0.2) is 19.0 Å². The summed E-state index contributed by atoms with van der Waals surface area (Å²) >= 11 is 0. The molecule has 1 rings (SSSR count). The third kappa shape index (κ3) is 5.85. The Morgan fingerprint density at radius 3 is 2.67 bits per heavy atom. The zero-order chi connectivity index (χ0) is 13.2. The molecule has 3 N–H and O–H groups in total. The summed E-state index contributed by atoms with van der Waals surface area (Å²) in [5.74, 6) is 1.33. The first kappa shape index (κ1) is 15.5. The third-order valence-corrected chi connectivity index (χ3v) is 4.03. The normalized spacial score (nSPS) is 17.9. The first-order chi connectivity index (χ1) is 8.77. The van der Waals surface area contributed by atoms with Crippen molar-refractivity contribution in [2.24, 2.45) is 17.6 Å². The van der Waals surface area contributed by atoms with Crippen LogP contribution < -0.4 is 11.1 Å². The van der Waals surface area contributed by atoms with Crippen LogP contribution in [0.5, 0.6) is 0 Å². The van der Waals surface area contributed by atoms with Crippen LogP contribution in [0.3, 0.4) is 0 Å². The van der Waals surface area contributed by atoms with E-state index in [1.165, 1.54) is 25.7 Å². The van der Waals surface area contributed by atoms with Gasteiger partial charge in [0.2, 0.25) is 5.91 Å². The summed E-state index contributed by atoms with van der Waals surface area (Å²) in [6, 6.07) is 0. The van der Waals surface area contributed by atoms with E-state index in [9.17, 15) is 4.79 Å². The van der Waals surface area contributed by atoms with Gasteiger partial charge < -0.3 is 11.1 Å². The molecule has 0 aliphatic heterocycles. The molecule has 0 aromatic carbocycles. The molecular formula is C15H30N2O. The van der Waals surface area contributed by atoms with Crippen molar-refractivity contribution in [1.29, 1.82) is 0 Å². The minimum atomic E-state index is 0.246. The van der Waals surface area contributed by atoms with Crippen molar-refractivity contribution in [2.45, 2.75) is 64.7 Å². The number of amides is 1. The van der Waals surface area contributed by atoms with Gasteiger partial charge in [0.1, 0.15) is 0 Å². The standard InChI is InChI=1S/C15H30N2O/c1-2-7-14(12-13-8-3-4-9-13)15(18)17-11-6-5-10-16/h13-14H,2-12,16H2,1H3,(H,17,18). The van der Waals surface area contributed by atoms with Gasteiger partial charge in [0.15, 0.2) is 0 Å². The van der Waals surface area contributed by atoms with Crippen LogP contribution in [0.25, 0.3) is 0 Å². The molecule has 1 aliphatic rings. The monoisotopic (exact) mass is 254 g/mol. The van der Waals surface area contributed by atoms with Crippen LogP contribution in [0.1, 0.15) is 64.7 Å². The summed E-state index contributed by atoms with van der Waals surface area (Å²) in [5, 5.41) is 3.08. The molecule has 0 saturated heterocycles. The molecule has 0 bridgehead atoms. The van der Waals surface area contributed by atoms with E-state index in [2.05, 4.69) is 12.2 Å². The lowest BCUT2D eigenvalue weighted by Gasteiger charge is -2.19. The van der Waals surface area contributed by atoms with E-state index in [4.69, 9.17) is 5.73 Å². The Kier molecular flexibility index (Phi) is 8.06. The van der Waals surface area contributed by atoms with E-state index in [1.807, 2.05) is 0 Å². The van der Waals surface area contributed by atoms with Crippen molar-refractivity contribution in [3.63, 3.8) is 0 Å². The predicted molar refractivity (Wildman–Crippen MR) is 76.3 cm³/mol. The van der Waals surface area contributed by atoms with Gasteiger partial charge in [-0.05, 0) is 38.1 Å². The van der Waals surface area contributed by atoms with Crippen molar-refractivity contribution < 1.29 is 4.79 Å². The lowest BCUT2D eigenvalue weighted by Crippen LogP contribution is -2.32. The highest BCUT2D eigenvalue weighted by Gasteiger charge is 2.24. The van der Waals surface area contributed by atoms with Crippen molar-refractivity contribution >= 4 is 5.91 Å². The average Bonchev–Trinajstić information content (AvgIpc) is 2.87. The fourth-order valence-electron chi connectivity index (χ4n) is 2.98. The smallest absolute Gasteiger partial charge is 0.223 e. The summed E-state index contributed by atoms with van der Waals surface area (Å²) in [4.78, 5) is 12.1. The first-order valence-corrected chi connectivity index (χ1v) is 7.75. The van der Waals surface area contributed by atoms with Crippen LogP contribution in [0.4, 0.5) is 0 Å². The van der Waals surface area contributed by atoms with E-state index < -0.39 is 0 Å². The Hall–Kier alpha value is -0.570. The average molecular weight is 254 g/mol. The van der Waals surface area contributed by atoms with Crippen LogP contribution in [0.15, 0.2) is 0 Å². The summed E-state index contributed by atoms with van der Waals surface area (Å²) in [5.41, 5.74) is 5.45. The van der Waals surface area contributed by atoms with E-state index in [-0.39, 0.29) is 11.8 Å². The van der Waals surface area contributed by atoms with Gasteiger partial charge in [-0.1, -0.05) is 39.0 Å². The van der Waals surface area contributed by atoms with Gasteiger partial charge in [-0.3, -0.25) is 4.79 Å². The lowest BCUT2D eigenvalue weighted by atomic mass is 9.89. The van der Waals surface area contributed by atoms with E-state index >= 15 is 0 Å². The van der Waals surface area contributed by atoms with Crippen molar-refractivity contribution in [3.8, 4) is 0 Å². The number of nitrogens with two attached hydrogens (primary N) is 1. The first-order valence-electron chi connectivity index (χ1n) is 7.75. The number of hydrogen-bond donors (Lipinski definition) is 2. The molecule has 1 aliphatic carbocycles. The molecule has 1 unspecified atom stereocenters. The molecule has 1 fully saturated rings. The van der Waals surface area contributed by atoms with Gasteiger partial charge in [-0.2, -0.15) is 0 Å². The summed E-state index contributed by atoms with van der Waals surface area (Å²) < 4.78 is 0. The minimum Gasteiger partial charge on any atom is -0.356 e. The SMILES string of the molecule is CCCC(CC1CCCC1)C(=O)NCCCCN. The largest absolute Gasteiger partial charge is 0.356 e. The third-order valence-electron chi connectivity index (χ3n) is 4.03. The lowest BCUT2D eigenvalue weighted by molar-refractivity contribution is -0.125. The molecule has 0 aromatic heterocycles. The van der Waals surface area contributed by atoms with Gasteiger partial charge in [0.05, 0.1) is 0 Å². The van der Waals surface area contributed by atoms with Crippen molar-refractivity contribution in [3.05, 3.63) is 0 Å². The Morgan fingerprint density at radius 2 is 2.06 bits per heavy atom. The number of rotatable bonds is 9. The molecule has 1 amide bonds. The Morgan fingerprint density at radius 1 is 1.33 bits per heavy atom. The summed E-state index contributed by atoms with van der Waals surface area (Å²) in [6.45, 7) is 3.68. The molecule has 1 atom stereocenters. The topological polar surface area (TPSA) is 55.1 Å². The molecular weight excluding hydrogens is 224 g/mol. The predicted octanol–water partition coefficient (Wildman–Crippen LogP) is 2.84. The van der Waals surface area contributed by atoms with E-state index in [0.717, 1.165) is 51.1 Å². The molecule has 1 saturated carbocycles. The number of hydrogen-bond acceptors (Lipinski definition) is 2. The highest BCUT2D eigenvalue weighted by atomic mass is 16.1. The molecule has 18 heavy (non-hydrogen) atoms. The Balaban J connectivity index is 2.27. The number of carbonyl (C=O) groups is 1. The fraction of sp³-hybridized carbons (Fsp3) is 0.933. The molecule has 3 heteroatoms. The zero-order valence-electron chi connectivity index (χ0n) is 11.9. The second kappa shape index (κ2) is 9.37. The summed E-state index contributed by atoms with van der Waals surface area (Å²) in [6.07, 6.45) is 10.7. The number of nitrogens with one attached hydrogen (secondary N) is 1. The maximum atomic E-state index is 12.1. The van der Waals surface area contributed by atoms with Crippen LogP contribution in [0.2, 0.25) is 0 Å². The Labute approximate surface area is 112 Å². The molecule has 106 valence electrons. The fourth-order valence-corrected chi connectivity index (χ4v) is 2.98. The second-order valence-electron chi connectivity index (χ2n) is 5.66. The summed E-state index contributed by atoms with van der Waals surface area (Å²) in [7, 11) is 0. The maximum Gasteiger partial charge on any atom is 0.223 e. The second-order valence-corrected chi connectivity index (χ2v) is 5.66. The maximum absolute atomic E-state index is 12.1. The quantitative estimate of drug-likeness (QED) is 0.622. The highest BCUT2D eigenvalue weighted by molar-refractivity contribution is 5.78. The molecule has 0 spiro atoms. The molecule has 0 aromatic rings. The molecule has 0 radical (unpaired) electrons. The van der Waals surface area contributed by atoms with Crippen LogP contribution >= 0.6 is 0 Å². The molecule has 3 nitrogen and oxygen atoms in total. The zero-order valence-corrected chi connectivity index (χ0v) is 11.9. The van der Waals surface area contributed by atoms with Gasteiger partial charge >= 0.3 is 0 Å². The minimum absolute atomic E-state index is 0.246. The van der Waals surface area contributed by atoms with Crippen LogP contribution in [0, 0.1) is 11.8 Å². The van der Waals surface area contributed by atoms with Crippen molar-refractivity contribution in [2.75, 3.05) is 13.1 Å².